The summed E-state index contributed by atoms with van der Waals surface area (Å²) in [4.78, 5) is 25.5. The third-order valence-electron chi connectivity index (χ3n) is 6.02. The zero-order valence-corrected chi connectivity index (χ0v) is 24.7. The van der Waals surface area contributed by atoms with Crippen LogP contribution >= 0.6 is 31.9 Å². The molecule has 8 heteroatoms. The Labute approximate surface area is 239 Å². The molecule has 0 atom stereocenters. The lowest BCUT2D eigenvalue weighted by atomic mass is 10.1. The van der Waals surface area contributed by atoms with Gasteiger partial charge in [-0.15, -0.1) is 0 Å². The Morgan fingerprint density at radius 3 is 1.32 bits per heavy atom. The highest BCUT2D eigenvalue weighted by molar-refractivity contribution is 9.10. The van der Waals surface area contributed by atoms with Gasteiger partial charge in [0.2, 0.25) is 0 Å². The van der Waals surface area contributed by atoms with E-state index in [9.17, 15) is 9.59 Å². The lowest BCUT2D eigenvalue weighted by Gasteiger charge is -2.15. The normalized spacial score (nSPS) is 10.8. The van der Waals surface area contributed by atoms with Crippen LogP contribution in [0.1, 0.15) is 22.3 Å². The molecule has 4 aromatic rings. The minimum Gasteiger partial charge on any atom is -0.483 e. The van der Waals surface area contributed by atoms with Crippen LogP contribution in [0.15, 0.2) is 69.6 Å². The van der Waals surface area contributed by atoms with E-state index in [1.165, 1.54) is 0 Å². The van der Waals surface area contributed by atoms with E-state index in [0.717, 1.165) is 42.0 Å². The van der Waals surface area contributed by atoms with Gasteiger partial charge in [-0.3, -0.25) is 9.59 Å². The number of hydrogen-bond acceptors (Lipinski definition) is 4. The number of carbonyl (C=O) groups is 2. The van der Waals surface area contributed by atoms with Gasteiger partial charge in [0.1, 0.15) is 11.5 Å². The van der Waals surface area contributed by atoms with E-state index < -0.39 is 0 Å². The number of halogens is 2. The van der Waals surface area contributed by atoms with Crippen molar-refractivity contribution in [2.75, 3.05) is 23.8 Å². The molecule has 0 saturated heterocycles. The highest BCUT2D eigenvalue weighted by atomic mass is 79.9. The molecule has 0 fully saturated rings. The number of rotatable bonds is 8. The minimum absolute atomic E-state index is 0.123. The number of fused-ring (bicyclic) bond motifs is 1. The number of anilines is 2. The summed E-state index contributed by atoms with van der Waals surface area (Å²) in [5.74, 6) is 0.841. The molecule has 4 rings (SSSR count). The smallest absolute Gasteiger partial charge is 0.262 e. The van der Waals surface area contributed by atoms with Crippen molar-refractivity contribution in [3.8, 4) is 11.5 Å². The van der Waals surface area contributed by atoms with Crippen molar-refractivity contribution in [3.63, 3.8) is 0 Å². The summed E-state index contributed by atoms with van der Waals surface area (Å²) in [6.45, 7) is 7.52. The van der Waals surface area contributed by atoms with Gasteiger partial charge in [-0.05, 0) is 86.3 Å². The average molecular weight is 640 g/mol. The molecule has 0 bridgehead atoms. The summed E-state index contributed by atoms with van der Waals surface area (Å²) in [6, 6.07) is 18.9. The Kier molecular flexibility index (Phi) is 8.74. The van der Waals surface area contributed by atoms with Crippen LogP contribution in [-0.2, 0) is 9.59 Å². The zero-order chi connectivity index (χ0) is 27.4. The first-order valence-corrected chi connectivity index (χ1v) is 13.6. The van der Waals surface area contributed by atoms with Gasteiger partial charge >= 0.3 is 0 Å². The van der Waals surface area contributed by atoms with Crippen molar-refractivity contribution < 1.29 is 19.1 Å². The predicted molar refractivity (Wildman–Crippen MR) is 159 cm³/mol. The largest absolute Gasteiger partial charge is 0.483 e. The lowest BCUT2D eigenvalue weighted by molar-refractivity contribution is -0.118. The molecule has 4 aromatic carbocycles. The second-order valence-corrected chi connectivity index (χ2v) is 10.9. The summed E-state index contributed by atoms with van der Waals surface area (Å²) in [5, 5.41) is 7.47. The van der Waals surface area contributed by atoms with Crippen LogP contribution in [-0.4, -0.2) is 25.0 Å². The standard InChI is InChI=1S/C30H28Br2N2O4/c1-17-11-21(31)12-18(2)29(17)37-15-27(35)33-25-9-5-8-24-23(25)7-6-10-26(24)34-28(36)16-38-30-19(3)13-22(32)14-20(30)4/h5-14H,15-16H2,1-4H3,(H,33,35)(H,34,36). The first-order valence-electron chi connectivity index (χ1n) is 12.0. The maximum Gasteiger partial charge on any atom is 0.262 e. The molecule has 0 spiro atoms. The van der Waals surface area contributed by atoms with E-state index in [1.54, 1.807) is 0 Å². The molecule has 2 N–H and O–H groups in total. The van der Waals surface area contributed by atoms with Crippen LogP contribution in [0.25, 0.3) is 10.8 Å². The maximum atomic E-state index is 12.7. The fraction of sp³-hybridized carbons (Fsp3) is 0.200. The Bertz CT molecular complexity index is 1370. The van der Waals surface area contributed by atoms with Crippen LogP contribution in [0, 0.1) is 27.7 Å². The SMILES string of the molecule is Cc1cc(Br)cc(C)c1OCC(=O)Nc1cccc2c(NC(=O)COc3c(C)cc(Br)cc3C)cccc12. The van der Waals surface area contributed by atoms with Gasteiger partial charge in [0.05, 0.1) is 0 Å². The van der Waals surface area contributed by atoms with Gasteiger partial charge in [0.25, 0.3) is 11.8 Å². The van der Waals surface area contributed by atoms with Gasteiger partial charge in [0.15, 0.2) is 13.2 Å². The first-order chi connectivity index (χ1) is 18.1. The molecule has 0 aliphatic carbocycles. The number of hydrogen-bond donors (Lipinski definition) is 2. The number of carbonyl (C=O) groups excluding carboxylic acids is 2. The van der Waals surface area contributed by atoms with Crippen LogP contribution < -0.4 is 20.1 Å². The third-order valence-corrected chi connectivity index (χ3v) is 6.93. The Hall–Kier alpha value is -3.36. The summed E-state index contributed by atoms with van der Waals surface area (Å²) < 4.78 is 13.6. The molecule has 38 heavy (non-hydrogen) atoms. The summed E-state index contributed by atoms with van der Waals surface area (Å²) in [6.07, 6.45) is 0. The molecule has 0 aliphatic rings. The van der Waals surface area contributed by atoms with Crippen LogP contribution in [0.5, 0.6) is 11.5 Å². The van der Waals surface area contributed by atoms with Gasteiger partial charge in [0, 0.05) is 31.1 Å². The zero-order valence-electron chi connectivity index (χ0n) is 21.6. The Balaban J connectivity index is 1.44. The molecular weight excluding hydrogens is 612 g/mol. The Morgan fingerprint density at radius 2 is 0.974 bits per heavy atom. The summed E-state index contributed by atoms with van der Waals surface area (Å²) >= 11 is 6.95. The Morgan fingerprint density at radius 1 is 0.632 bits per heavy atom. The van der Waals surface area contributed by atoms with Crippen molar-refractivity contribution in [2.45, 2.75) is 27.7 Å². The fourth-order valence-corrected chi connectivity index (χ4v) is 5.80. The summed E-state index contributed by atoms with van der Waals surface area (Å²) in [7, 11) is 0. The highest BCUT2D eigenvalue weighted by Gasteiger charge is 2.14. The second kappa shape index (κ2) is 12.0. The first kappa shape index (κ1) is 27.7. The monoisotopic (exact) mass is 638 g/mol. The summed E-state index contributed by atoms with van der Waals surface area (Å²) in [5.41, 5.74) is 5.06. The molecular formula is C30H28Br2N2O4. The van der Waals surface area contributed by atoms with Gasteiger partial charge < -0.3 is 20.1 Å². The van der Waals surface area contributed by atoms with E-state index in [4.69, 9.17) is 9.47 Å². The van der Waals surface area contributed by atoms with E-state index >= 15 is 0 Å². The maximum absolute atomic E-state index is 12.7. The number of nitrogens with one attached hydrogen (secondary N) is 2. The third kappa shape index (κ3) is 6.55. The van der Waals surface area contributed by atoms with E-state index in [0.29, 0.717) is 22.9 Å². The molecule has 196 valence electrons. The predicted octanol–water partition coefficient (Wildman–Crippen LogP) is 7.63. The second-order valence-electron chi connectivity index (χ2n) is 9.12. The van der Waals surface area contributed by atoms with Crippen molar-refractivity contribution in [1.29, 1.82) is 0 Å². The van der Waals surface area contributed by atoms with Gasteiger partial charge in [-0.25, -0.2) is 0 Å². The van der Waals surface area contributed by atoms with Crippen LogP contribution in [0.4, 0.5) is 11.4 Å². The van der Waals surface area contributed by atoms with Crippen LogP contribution in [0.2, 0.25) is 0 Å². The molecule has 0 radical (unpaired) electrons. The highest BCUT2D eigenvalue weighted by Crippen LogP contribution is 2.31. The number of ether oxygens (including phenoxy) is 2. The van der Waals surface area contributed by atoms with Gasteiger partial charge in [-0.1, -0.05) is 56.1 Å². The van der Waals surface area contributed by atoms with Gasteiger partial charge in [-0.2, -0.15) is 0 Å². The van der Waals surface area contributed by atoms with E-state index in [2.05, 4.69) is 42.5 Å². The quantitative estimate of drug-likeness (QED) is 0.208. The topological polar surface area (TPSA) is 76.7 Å². The van der Waals surface area contributed by atoms with Crippen molar-refractivity contribution in [3.05, 3.63) is 91.9 Å². The molecule has 0 unspecified atom stereocenters. The molecule has 2 amide bonds. The number of amides is 2. The van der Waals surface area contributed by atoms with Crippen molar-refractivity contribution in [2.24, 2.45) is 0 Å². The van der Waals surface area contributed by atoms with E-state index in [1.807, 2.05) is 88.4 Å². The number of benzene rings is 4. The molecule has 0 saturated carbocycles. The molecule has 0 aliphatic heterocycles. The van der Waals surface area contributed by atoms with Crippen LogP contribution in [0.3, 0.4) is 0 Å². The minimum atomic E-state index is -0.276. The molecule has 0 aromatic heterocycles. The fourth-order valence-electron chi connectivity index (χ4n) is 4.43. The van der Waals surface area contributed by atoms with Crippen molar-refractivity contribution in [1.82, 2.24) is 0 Å². The molecule has 6 nitrogen and oxygen atoms in total. The van der Waals surface area contributed by atoms with Crippen molar-refractivity contribution >= 4 is 65.8 Å². The van der Waals surface area contributed by atoms with E-state index in [-0.39, 0.29) is 25.0 Å². The average Bonchev–Trinajstić information content (AvgIpc) is 2.83. The molecule has 0 heterocycles. The number of aryl methyl sites for hydroxylation is 4. The lowest BCUT2D eigenvalue weighted by Crippen LogP contribution is -2.21.